The van der Waals surface area contributed by atoms with Gasteiger partial charge in [-0.25, -0.2) is 4.98 Å². The Morgan fingerprint density at radius 2 is 2.17 bits per heavy atom. The second kappa shape index (κ2) is 6.01. The van der Waals surface area contributed by atoms with Gasteiger partial charge < -0.3 is 5.32 Å². The fraction of sp³-hybridized carbons (Fsp3) is 0.400. The number of aryl methyl sites for hydroxylation is 1. The Morgan fingerprint density at radius 3 is 2.83 bits per heavy atom. The van der Waals surface area contributed by atoms with Crippen LogP contribution in [0.25, 0.3) is 0 Å². The molecule has 0 aliphatic heterocycles. The van der Waals surface area contributed by atoms with Crippen molar-refractivity contribution in [2.75, 3.05) is 11.9 Å². The van der Waals surface area contributed by atoms with E-state index >= 15 is 0 Å². The minimum Gasteiger partial charge on any atom is -0.385 e. The van der Waals surface area contributed by atoms with Gasteiger partial charge in [0, 0.05) is 23.5 Å². The molecule has 0 aliphatic rings. The van der Waals surface area contributed by atoms with Gasteiger partial charge in [-0.05, 0) is 30.5 Å². The molecule has 3 heteroatoms. The number of anilines is 1. The molecule has 1 aromatic carbocycles. The molecule has 18 heavy (non-hydrogen) atoms. The van der Waals surface area contributed by atoms with Crippen LogP contribution >= 0.6 is 11.3 Å². The number of nitrogens with zero attached hydrogens (tertiary/aromatic N) is 1. The minimum absolute atomic E-state index is 0.579. The highest BCUT2D eigenvalue weighted by Gasteiger charge is 2.02. The molecule has 1 aromatic heterocycles. The van der Waals surface area contributed by atoms with E-state index in [1.807, 2.05) is 5.51 Å². The van der Waals surface area contributed by atoms with Crippen LogP contribution in [-0.4, -0.2) is 11.5 Å². The number of nitrogens with one attached hydrogen (secondary N) is 1. The van der Waals surface area contributed by atoms with Crippen molar-refractivity contribution in [1.82, 2.24) is 4.98 Å². The molecule has 0 unspecified atom stereocenters. The number of hydrogen-bond donors (Lipinski definition) is 1. The summed E-state index contributed by atoms with van der Waals surface area (Å²) in [5.74, 6) is 0.579. The summed E-state index contributed by atoms with van der Waals surface area (Å²) in [4.78, 5) is 5.65. The molecule has 0 saturated heterocycles. The van der Waals surface area contributed by atoms with Crippen molar-refractivity contribution in [3.8, 4) is 0 Å². The Morgan fingerprint density at radius 1 is 1.33 bits per heavy atom. The smallest absolute Gasteiger partial charge is 0.0797 e. The molecule has 96 valence electrons. The van der Waals surface area contributed by atoms with E-state index in [4.69, 9.17) is 0 Å². The first kappa shape index (κ1) is 13.1. The van der Waals surface area contributed by atoms with Crippen LogP contribution in [0.3, 0.4) is 0 Å². The highest BCUT2D eigenvalue weighted by molar-refractivity contribution is 7.09. The third kappa shape index (κ3) is 3.33. The van der Waals surface area contributed by atoms with E-state index in [0.29, 0.717) is 5.92 Å². The van der Waals surface area contributed by atoms with E-state index in [-0.39, 0.29) is 0 Å². The van der Waals surface area contributed by atoms with Crippen molar-refractivity contribution in [2.24, 2.45) is 0 Å². The summed E-state index contributed by atoms with van der Waals surface area (Å²) in [6.45, 7) is 7.48. The van der Waals surface area contributed by atoms with Gasteiger partial charge in [-0.3, -0.25) is 0 Å². The lowest BCUT2D eigenvalue weighted by atomic mass is 10.0. The lowest BCUT2D eigenvalue weighted by Gasteiger charge is -2.10. The fourth-order valence-corrected chi connectivity index (χ4v) is 2.68. The van der Waals surface area contributed by atoms with Crippen molar-refractivity contribution in [2.45, 2.75) is 33.1 Å². The molecular weight excluding hydrogens is 240 g/mol. The molecule has 0 amide bonds. The van der Waals surface area contributed by atoms with Crippen molar-refractivity contribution in [3.63, 3.8) is 0 Å². The van der Waals surface area contributed by atoms with E-state index in [1.165, 1.54) is 16.1 Å². The zero-order chi connectivity index (χ0) is 13.0. The molecule has 0 atom stereocenters. The Bertz CT molecular complexity index is 503. The average Bonchev–Trinajstić information content (AvgIpc) is 2.76. The van der Waals surface area contributed by atoms with Crippen molar-refractivity contribution in [3.05, 3.63) is 45.9 Å². The van der Waals surface area contributed by atoms with Gasteiger partial charge in [-0.2, -0.15) is 0 Å². The number of aromatic nitrogens is 1. The maximum Gasteiger partial charge on any atom is 0.0797 e. The maximum absolute atomic E-state index is 4.27. The Balaban J connectivity index is 1.90. The molecule has 2 aromatic rings. The normalized spacial score (nSPS) is 10.9. The van der Waals surface area contributed by atoms with Gasteiger partial charge in [0.2, 0.25) is 0 Å². The van der Waals surface area contributed by atoms with Crippen molar-refractivity contribution >= 4 is 17.0 Å². The zero-order valence-corrected chi connectivity index (χ0v) is 12.1. The second-order valence-corrected chi connectivity index (χ2v) is 5.76. The van der Waals surface area contributed by atoms with Crippen LogP contribution in [0.5, 0.6) is 0 Å². The quantitative estimate of drug-likeness (QED) is 0.870. The highest BCUT2D eigenvalue weighted by atomic mass is 32.1. The molecule has 0 fully saturated rings. The van der Waals surface area contributed by atoms with Crippen LogP contribution in [0.15, 0.2) is 29.8 Å². The lowest BCUT2D eigenvalue weighted by Crippen LogP contribution is -2.05. The van der Waals surface area contributed by atoms with Gasteiger partial charge in [-0.1, -0.05) is 26.0 Å². The number of rotatable bonds is 5. The Hall–Kier alpha value is -1.35. The monoisotopic (exact) mass is 260 g/mol. The van der Waals surface area contributed by atoms with Gasteiger partial charge in [0.15, 0.2) is 0 Å². The predicted molar refractivity (Wildman–Crippen MR) is 79.6 cm³/mol. The van der Waals surface area contributed by atoms with E-state index in [2.05, 4.69) is 55.3 Å². The van der Waals surface area contributed by atoms with E-state index < -0.39 is 0 Å². The second-order valence-electron chi connectivity index (χ2n) is 4.82. The molecule has 0 radical (unpaired) electrons. The Labute approximate surface area is 113 Å². The van der Waals surface area contributed by atoms with Gasteiger partial charge in [0.25, 0.3) is 0 Å². The summed E-state index contributed by atoms with van der Waals surface area (Å²) in [6.07, 6.45) is 1.04. The van der Waals surface area contributed by atoms with Crippen LogP contribution in [0, 0.1) is 6.92 Å². The summed E-state index contributed by atoms with van der Waals surface area (Å²) < 4.78 is 0. The SMILES string of the molecule is Cc1ncsc1CCNc1cccc(C(C)C)c1. The molecule has 0 bridgehead atoms. The van der Waals surface area contributed by atoms with Crippen LogP contribution < -0.4 is 5.32 Å². The standard InChI is InChI=1S/C15H20N2S/c1-11(2)13-5-4-6-14(9-13)16-8-7-15-12(3)17-10-18-15/h4-6,9-11,16H,7-8H2,1-3H3. The first-order valence-electron chi connectivity index (χ1n) is 6.39. The van der Waals surface area contributed by atoms with Gasteiger partial charge >= 0.3 is 0 Å². The predicted octanol–water partition coefficient (Wildman–Crippen LogP) is 4.23. The Kier molecular flexibility index (Phi) is 4.37. The molecule has 0 spiro atoms. The molecule has 1 N–H and O–H groups in total. The first-order chi connectivity index (χ1) is 8.66. The van der Waals surface area contributed by atoms with Crippen LogP contribution in [0.4, 0.5) is 5.69 Å². The van der Waals surface area contributed by atoms with Crippen molar-refractivity contribution in [1.29, 1.82) is 0 Å². The average molecular weight is 260 g/mol. The minimum atomic E-state index is 0.579. The summed E-state index contributed by atoms with van der Waals surface area (Å²) in [5, 5.41) is 3.48. The molecule has 2 rings (SSSR count). The third-order valence-electron chi connectivity index (χ3n) is 3.08. The van der Waals surface area contributed by atoms with Crippen molar-refractivity contribution < 1.29 is 0 Å². The van der Waals surface area contributed by atoms with Crippen LogP contribution in [0.2, 0.25) is 0 Å². The molecule has 0 saturated carbocycles. The fourth-order valence-electron chi connectivity index (χ4n) is 1.89. The summed E-state index contributed by atoms with van der Waals surface area (Å²) in [6, 6.07) is 8.68. The number of thiazole rings is 1. The maximum atomic E-state index is 4.27. The van der Waals surface area contributed by atoms with E-state index in [0.717, 1.165) is 18.7 Å². The summed E-state index contributed by atoms with van der Waals surface area (Å²) in [5.41, 5.74) is 5.68. The van der Waals surface area contributed by atoms with Crippen LogP contribution in [0.1, 0.15) is 35.9 Å². The first-order valence-corrected chi connectivity index (χ1v) is 7.27. The molecular formula is C15H20N2S. The lowest BCUT2D eigenvalue weighted by molar-refractivity contribution is 0.866. The van der Waals surface area contributed by atoms with E-state index in [9.17, 15) is 0 Å². The van der Waals surface area contributed by atoms with Gasteiger partial charge in [0.05, 0.1) is 11.2 Å². The number of benzene rings is 1. The summed E-state index contributed by atoms with van der Waals surface area (Å²) >= 11 is 1.74. The summed E-state index contributed by atoms with van der Waals surface area (Å²) in [7, 11) is 0. The van der Waals surface area contributed by atoms with Crippen LogP contribution in [-0.2, 0) is 6.42 Å². The molecule has 2 nitrogen and oxygen atoms in total. The zero-order valence-electron chi connectivity index (χ0n) is 11.2. The molecule has 1 heterocycles. The van der Waals surface area contributed by atoms with E-state index in [1.54, 1.807) is 11.3 Å². The third-order valence-corrected chi connectivity index (χ3v) is 4.07. The van der Waals surface area contributed by atoms with Gasteiger partial charge in [-0.15, -0.1) is 11.3 Å². The van der Waals surface area contributed by atoms with Gasteiger partial charge in [0.1, 0.15) is 0 Å². The largest absolute Gasteiger partial charge is 0.385 e. The topological polar surface area (TPSA) is 24.9 Å². The number of hydrogen-bond acceptors (Lipinski definition) is 3. The molecule has 0 aliphatic carbocycles. The highest BCUT2D eigenvalue weighted by Crippen LogP contribution is 2.19.